The highest BCUT2D eigenvalue weighted by Gasteiger charge is 2.30. The van der Waals surface area contributed by atoms with Crippen molar-refractivity contribution in [3.63, 3.8) is 0 Å². The van der Waals surface area contributed by atoms with Crippen molar-refractivity contribution in [1.29, 1.82) is 0 Å². The Morgan fingerprint density at radius 2 is 1.41 bits per heavy atom. The molecule has 0 spiro atoms. The van der Waals surface area contributed by atoms with Gasteiger partial charge in [0.25, 0.3) is 0 Å². The van der Waals surface area contributed by atoms with E-state index in [1.807, 2.05) is 40.7 Å². The number of aryl methyl sites for hydroxylation is 5. The van der Waals surface area contributed by atoms with Gasteiger partial charge in [-0.2, -0.15) is 0 Å². The molecular formula is C23H32N2O3S. The Morgan fingerprint density at radius 1 is 0.862 bits per heavy atom. The molecule has 0 radical (unpaired) electrons. The van der Waals surface area contributed by atoms with Gasteiger partial charge in [-0.1, -0.05) is 18.2 Å². The lowest BCUT2D eigenvalue weighted by Crippen LogP contribution is -2.48. The molecule has 2 aromatic carbocycles. The third-order valence-corrected chi connectivity index (χ3v) is 6.78. The van der Waals surface area contributed by atoms with Crippen LogP contribution in [-0.4, -0.2) is 26.6 Å². The fourth-order valence-electron chi connectivity index (χ4n) is 3.53. The van der Waals surface area contributed by atoms with E-state index in [2.05, 4.69) is 24.4 Å². The Hall–Kier alpha value is -2.34. The lowest BCUT2D eigenvalue weighted by molar-refractivity contribution is -0.122. The summed E-state index contributed by atoms with van der Waals surface area (Å²) in [5, 5.41) is 2.99. The van der Waals surface area contributed by atoms with Crippen molar-refractivity contribution < 1.29 is 13.2 Å². The quantitative estimate of drug-likeness (QED) is 0.765. The molecule has 2 unspecified atom stereocenters. The SMILES string of the molecule is Cc1ccc(N(C(C)C(=O)NC(C)c2cc(C)c(C)cc2C)S(C)(=O)=O)cc1C. The van der Waals surface area contributed by atoms with E-state index in [4.69, 9.17) is 0 Å². The van der Waals surface area contributed by atoms with Crippen LogP contribution in [0.25, 0.3) is 0 Å². The van der Waals surface area contributed by atoms with Gasteiger partial charge in [0.15, 0.2) is 0 Å². The second-order valence-electron chi connectivity index (χ2n) is 8.03. The minimum absolute atomic E-state index is 0.231. The van der Waals surface area contributed by atoms with Gasteiger partial charge in [-0.25, -0.2) is 8.42 Å². The molecule has 2 rings (SSSR count). The summed E-state index contributed by atoms with van der Waals surface area (Å²) in [7, 11) is -3.64. The normalized spacial score (nSPS) is 13.7. The minimum atomic E-state index is -3.64. The average molecular weight is 417 g/mol. The highest BCUT2D eigenvalue weighted by molar-refractivity contribution is 7.92. The molecule has 5 nitrogen and oxygen atoms in total. The van der Waals surface area contributed by atoms with Crippen LogP contribution in [0.3, 0.4) is 0 Å². The van der Waals surface area contributed by atoms with E-state index >= 15 is 0 Å². The van der Waals surface area contributed by atoms with Crippen molar-refractivity contribution in [2.75, 3.05) is 10.6 Å². The second-order valence-corrected chi connectivity index (χ2v) is 9.89. The fourth-order valence-corrected chi connectivity index (χ4v) is 4.70. The summed E-state index contributed by atoms with van der Waals surface area (Å²) in [6.07, 6.45) is 1.13. The molecule has 0 aromatic heterocycles. The molecule has 1 amide bonds. The molecule has 2 aromatic rings. The zero-order chi connectivity index (χ0) is 22.1. The third kappa shape index (κ3) is 5.18. The van der Waals surface area contributed by atoms with E-state index in [0.29, 0.717) is 5.69 Å². The smallest absolute Gasteiger partial charge is 0.244 e. The van der Waals surface area contributed by atoms with Crippen LogP contribution in [0, 0.1) is 34.6 Å². The van der Waals surface area contributed by atoms with Gasteiger partial charge in [-0.15, -0.1) is 0 Å². The lowest BCUT2D eigenvalue weighted by atomic mass is 9.96. The summed E-state index contributed by atoms with van der Waals surface area (Å²) in [4.78, 5) is 13.0. The van der Waals surface area contributed by atoms with Crippen molar-refractivity contribution in [2.24, 2.45) is 0 Å². The molecule has 158 valence electrons. The molecule has 2 atom stereocenters. The summed E-state index contributed by atoms with van der Waals surface area (Å²) in [5.74, 6) is -0.334. The topological polar surface area (TPSA) is 66.5 Å². The van der Waals surface area contributed by atoms with Crippen LogP contribution in [-0.2, 0) is 14.8 Å². The monoisotopic (exact) mass is 416 g/mol. The zero-order valence-electron chi connectivity index (χ0n) is 18.6. The third-order valence-electron chi connectivity index (χ3n) is 5.54. The van der Waals surface area contributed by atoms with Crippen molar-refractivity contribution >= 4 is 21.6 Å². The minimum Gasteiger partial charge on any atom is -0.348 e. The number of hydrogen-bond acceptors (Lipinski definition) is 3. The number of carbonyl (C=O) groups excluding carboxylic acids is 1. The molecule has 0 aliphatic heterocycles. The first-order valence-corrected chi connectivity index (χ1v) is 11.6. The maximum absolute atomic E-state index is 13.0. The van der Waals surface area contributed by atoms with Gasteiger partial charge in [0.1, 0.15) is 6.04 Å². The maximum Gasteiger partial charge on any atom is 0.244 e. The molecule has 29 heavy (non-hydrogen) atoms. The largest absolute Gasteiger partial charge is 0.348 e. The Labute approximate surface area is 175 Å². The van der Waals surface area contributed by atoms with E-state index in [1.54, 1.807) is 19.1 Å². The first kappa shape index (κ1) is 22.9. The molecule has 0 saturated carbocycles. The van der Waals surface area contributed by atoms with Crippen molar-refractivity contribution in [2.45, 2.75) is 60.5 Å². The van der Waals surface area contributed by atoms with E-state index in [-0.39, 0.29) is 11.9 Å². The molecule has 6 heteroatoms. The Bertz CT molecular complexity index is 1030. The van der Waals surface area contributed by atoms with Gasteiger partial charge in [-0.05, 0) is 94.0 Å². The fraction of sp³-hybridized carbons (Fsp3) is 0.435. The van der Waals surface area contributed by atoms with Crippen LogP contribution in [0.5, 0.6) is 0 Å². The van der Waals surface area contributed by atoms with Gasteiger partial charge >= 0.3 is 0 Å². The summed E-state index contributed by atoms with van der Waals surface area (Å²) in [6, 6.07) is 8.49. The highest BCUT2D eigenvalue weighted by Crippen LogP contribution is 2.25. The zero-order valence-corrected chi connectivity index (χ0v) is 19.4. The van der Waals surface area contributed by atoms with E-state index in [0.717, 1.165) is 34.1 Å². The lowest BCUT2D eigenvalue weighted by Gasteiger charge is -2.30. The maximum atomic E-state index is 13.0. The number of nitrogens with zero attached hydrogens (tertiary/aromatic N) is 1. The number of hydrogen-bond donors (Lipinski definition) is 1. The van der Waals surface area contributed by atoms with Crippen molar-refractivity contribution in [3.8, 4) is 0 Å². The first-order chi connectivity index (χ1) is 13.3. The molecule has 0 aliphatic carbocycles. The Kier molecular flexibility index (Phi) is 6.78. The number of sulfonamides is 1. The summed E-state index contributed by atoms with van der Waals surface area (Å²) in [5.41, 5.74) is 7.03. The number of benzene rings is 2. The molecule has 0 saturated heterocycles. The first-order valence-electron chi connectivity index (χ1n) is 9.77. The molecule has 0 fully saturated rings. The molecular weight excluding hydrogens is 384 g/mol. The second kappa shape index (κ2) is 8.57. The van der Waals surface area contributed by atoms with Gasteiger partial charge in [0.05, 0.1) is 18.0 Å². The molecule has 0 heterocycles. The van der Waals surface area contributed by atoms with Crippen molar-refractivity contribution in [3.05, 3.63) is 63.7 Å². The van der Waals surface area contributed by atoms with Gasteiger partial charge < -0.3 is 5.32 Å². The standard InChI is InChI=1S/C23H32N2O3S/c1-14-9-10-21(12-16(14)3)25(29(8,27)28)20(7)23(26)24-19(6)22-13-17(4)15(2)11-18(22)5/h9-13,19-20H,1-8H3,(H,24,26). The molecule has 1 N–H and O–H groups in total. The summed E-state index contributed by atoms with van der Waals surface area (Å²) >= 11 is 0. The Balaban J connectivity index is 2.32. The van der Waals surface area contributed by atoms with Crippen molar-refractivity contribution in [1.82, 2.24) is 5.32 Å². The highest BCUT2D eigenvalue weighted by atomic mass is 32.2. The number of rotatable bonds is 6. The van der Waals surface area contributed by atoms with Crippen LogP contribution >= 0.6 is 0 Å². The van der Waals surface area contributed by atoms with Gasteiger partial charge in [-0.3, -0.25) is 9.10 Å². The van der Waals surface area contributed by atoms with Crippen LogP contribution in [0.4, 0.5) is 5.69 Å². The van der Waals surface area contributed by atoms with Crippen LogP contribution in [0.15, 0.2) is 30.3 Å². The van der Waals surface area contributed by atoms with E-state index in [1.165, 1.54) is 9.87 Å². The number of amides is 1. The van der Waals surface area contributed by atoms with E-state index in [9.17, 15) is 13.2 Å². The predicted octanol–water partition coefficient (Wildman–Crippen LogP) is 4.26. The molecule has 0 aliphatic rings. The number of anilines is 1. The molecule has 0 bridgehead atoms. The van der Waals surface area contributed by atoms with Gasteiger partial charge in [0, 0.05) is 0 Å². The summed E-state index contributed by atoms with van der Waals surface area (Å²) in [6.45, 7) is 13.5. The number of nitrogens with one attached hydrogen (secondary N) is 1. The summed E-state index contributed by atoms with van der Waals surface area (Å²) < 4.78 is 26.2. The van der Waals surface area contributed by atoms with Crippen LogP contribution < -0.4 is 9.62 Å². The van der Waals surface area contributed by atoms with Crippen LogP contribution in [0.2, 0.25) is 0 Å². The van der Waals surface area contributed by atoms with E-state index < -0.39 is 16.1 Å². The van der Waals surface area contributed by atoms with Gasteiger partial charge in [0.2, 0.25) is 15.9 Å². The predicted molar refractivity (Wildman–Crippen MR) is 120 cm³/mol. The average Bonchev–Trinajstić information content (AvgIpc) is 2.59. The van der Waals surface area contributed by atoms with Crippen LogP contribution in [0.1, 0.15) is 53.3 Å². The number of carbonyl (C=O) groups is 1. The Morgan fingerprint density at radius 3 is 1.97 bits per heavy atom.